The summed E-state index contributed by atoms with van der Waals surface area (Å²) in [6, 6.07) is 7.34. The summed E-state index contributed by atoms with van der Waals surface area (Å²) in [5.41, 5.74) is 0.906. The number of carbonyl (C=O) groups is 1. The molecule has 0 radical (unpaired) electrons. The summed E-state index contributed by atoms with van der Waals surface area (Å²) in [5, 5.41) is 1.20. The largest absolute Gasteiger partial charge is 0.342 e. The predicted octanol–water partition coefficient (Wildman–Crippen LogP) is 3.13. The normalized spacial score (nSPS) is 26.2. The van der Waals surface area contributed by atoms with Crippen LogP contribution in [0, 0.1) is 0 Å². The van der Waals surface area contributed by atoms with E-state index in [4.69, 9.17) is 11.6 Å². The molecule has 0 N–H and O–H groups in total. The van der Waals surface area contributed by atoms with Crippen LogP contribution in [0.4, 0.5) is 0 Å². The molecule has 5 nitrogen and oxygen atoms in total. The Morgan fingerprint density at radius 3 is 2.84 bits per heavy atom. The van der Waals surface area contributed by atoms with Gasteiger partial charge in [0.05, 0.1) is 17.5 Å². The van der Waals surface area contributed by atoms with Crippen molar-refractivity contribution in [2.24, 2.45) is 4.99 Å². The van der Waals surface area contributed by atoms with Crippen molar-refractivity contribution in [2.75, 3.05) is 11.5 Å². The van der Waals surface area contributed by atoms with E-state index in [1.54, 1.807) is 0 Å². The third-order valence-electron chi connectivity index (χ3n) is 4.44. The number of unbranched alkanes of at least 4 members (excludes halogenated alkanes) is 1. The first-order valence-corrected chi connectivity index (χ1v) is 11.5. The summed E-state index contributed by atoms with van der Waals surface area (Å²) >= 11 is 7.68. The number of thioether (sulfide) groups is 1. The molecule has 2 saturated heterocycles. The third kappa shape index (κ3) is 4.38. The minimum atomic E-state index is -3.04. The molecule has 1 amide bonds. The van der Waals surface area contributed by atoms with Gasteiger partial charge in [0.25, 0.3) is 0 Å². The Hall–Kier alpha value is -1.05. The number of nitrogens with zero attached hydrogens (tertiary/aromatic N) is 2. The molecule has 8 heteroatoms. The molecule has 25 heavy (non-hydrogen) atoms. The van der Waals surface area contributed by atoms with E-state index in [0.29, 0.717) is 23.2 Å². The summed E-state index contributed by atoms with van der Waals surface area (Å²) in [5.74, 6) is 0.109. The molecule has 2 fully saturated rings. The number of amidine groups is 1. The van der Waals surface area contributed by atoms with Gasteiger partial charge in [0.15, 0.2) is 15.0 Å². The highest BCUT2D eigenvalue weighted by atomic mass is 35.5. The lowest BCUT2D eigenvalue weighted by Crippen LogP contribution is -2.37. The van der Waals surface area contributed by atoms with Crippen LogP contribution in [0.25, 0.3) is 0 Å². The highest BCUT2D eigenvalue weighted by Gasteiger charge is 2.48. The van der Waals surface area contributed by atoms with E-state index in [1.807, 2.05) is 36.1 Å². The average molecular weight is 401 g/mol. The second-order valence-corrected chi connectivity index (χ2v) is 10.2. The van der Waals surface area contributed by atoms with Gasteiger partial charge in [0.2, 0.25) is 5.91 Å². The molecule has 2 aliphatic heterocycles. The van der Waals surface area contributed by atoms with Gasteiger partial charge >= 0.3 is 0 Å². The van der Waals surface area contributed by atoms with Crippen LogP contribution in [0.2, 0.25) is 5.02 Å². The lowest BCUT2D eigenvalue weighted by atomic mass is 10.1. The Kier molecular flexibility index (Phi) is 5.75. The minimum Gasteiger partial charge on any atom is -0.342 e. The maximum Gasteiger partial charge on any atom is 0.248 e. The SMILES string of the molecule is CCCCC(=O)N=C1S[C@H]2CS(=O)(=O)C[C@H]2N1Cc1ccccc1Cl. The molecule has 0 bridgehead atoms. The van der Waals surface area contributed by atoms with Crippen LogP contribution in [-0.4, -0.2) is 47.2 Å². The van der Waals surface area contributed by atoms with Crippen LogP contribution in [0.1, 0.15) is 31.7 Å². The van der Waals surface area contributed by atoms with Crippen LogP contribution in [0.5, 0.6) is 0 Å². The molecule has 0 saturated carbocycles. The molecule has 2 atom stereocenters. The molecule has 1 aromatic rings. The number of carbonyl (C=O) groups excluding carboxylic acids is 1. The van der Waals surface area contributed by atoms with Crippen molar-refractivity contribution in [2.45, 2.75) is 44.0 Å². The molecule has 0 aromatic heterocycles. The van der Waals surface area contributed by atoms with Crippen LogP contribution in [-0.2, 0) is 21.2 Å². The molecule has 2 heterocycles. The van der Waals surface area contributed by atoms with E-state index in [-0.39, 0.29) is 28.7 Å². The van der Waals surface area contributed by atoms with E-state index in [2.05, 4.69) is 4.99 Å². The molecule has 0 unspecified atom stereocenters. The summed E-state index contributed by atoms with van der Waals surface area (Å²) < 4.78 is 24.0. The van der Waals surface area contributed by atoms with Crippen molar-refractivity contribution in [1.29, 1.82) is 0 Å². The van der Waals surface area contributed by atoms with Gasteiger partial charge in [-0.2, -0.15) is 4.99 Å². The van der Waals surface area contributed by atoms with Crippen LogP contribution >= 0.6 is 23.4 Å². The summed E-state index contributed by atoms with van der Waals surface area (Å²) in [6.45, 7) is 2.49. The quantitative estimate of drug-likeness (QED) is 0.759. The lowest BCUT2D eigenvalue weighted by molar-refractivity contribution is -0.117. The lowest BCUT2D eigenvalue weighted by Gasteiger charge is -2.25. The van der Waals surface area contributed by atoms with Crippen molar-refractivity contribution in [3.05, 3.63) is 34.9 Å². The monoisotopic (exact) mass is 400 g/mol. The van der Waals surface area contributed by atoms with Gasteiger partial charge in [-0.25, -0.2) is 8.42 Å². The molecule has 136 valence electrons. The third-order valence-corrected chi connectivity index (χ3v) is 8.05. The van der Waals surface area contributed by atoms with Gasteiger partial charge < -0.3 is 4.90 Å². The second kappa shape index (κ2) is 7.68. The number of hydrogen-bond acceptors (Lipinski definition) is 4. The van der Waals surface area contributed by atoms with Gasteiger partial charge in [0.1, 0.15) is 0 Å². The highest BCUT2D eigenvalue weighted by molar-refractivity contribution is 8.15. The van der Waals surface area contributed by atoms with Crippen molar-refractivity contribution in [3.63, 3.8) is 0 Å². The fourth-order valence-corrected chi connectivity index (χ4v) is 7.29. The van der Waals surface area contributed by atoms with Crippen molar-refractivity contribution < 1.29 is 13.2 Å². The number of aliphatic imine (C=N–C) groups is 1. The molecule has 0 aliphatic carbocycles. The Morgan fingerprint density at radius 1 is 1.36 bits per heavy atom. The Labute approximate surface area is 157 Å². The zero-order valence-corrected chi connectivity index (χ0v) is 16.4. The first-order valence-electron chi connectivity index (χ1n) is 8.38. The number of sulfone groups is 1. The maximum atomic E-state index is 12.1. The standard InChI is InChI=1S/C17H21ClN2O3S2/c1-2-3-8-16(21)19-17-20(9-12-6-4-5-7-13(12)18)14-10-25(22,23)11-15(14)24-17/h4-7,14-15H,2-3,8-11H2,1H3/t14-,15+/m1/s1. The minimum absolute atomic E-state index is 0.0646. The van der Waals surface area contributed by atoms with E-state index in [0.717, 1.165) is 18.4 Å². The van der Waals surface area contributed by atoms with Gasteiger partial charge in [-0.1, -0.05) is 54.9 Å². The Morgan fingerprint density at radius 2 is 2.12 bits per heavy atom. The van der Waals surface area contributed by atoms with Crippen LogP contribution in [0.15, 0.2) is 29.3 Å². The second-order valence-electron chi connectivity index (χ2n) is 6.41. The van der Waals surface area contributed by atoms with Crippen molar-refractivity contribution in [3.8, 4) is 0 Å². The first kappa shape index (κ1) is 18.7. The number of fused-ring (bicyclic) bond motifs is 1. The fraction of sp³-hybridized carbons (Fsp3) is 0.529. The first-order chi connectivity index (χ1) is 11.9. The molecule has 3 rings (SSSR count). The number of rotatable bonds is 5. The topological polar surface area (TPSA) is 66.8 Å². The maximum absolute atomic E-state index is 12.1. The highest BCUT2D eigenvalue weighted by Crippen LogP contribution is 2.39. The van der Waals surface area contributed by atoms with Crippen molar-refractivity contribution in [1.82, 2.24) is 4.90 Å². The predicted molar refractivity (Wildman–Crippen MR) is 103 cm³/mol. The smallest absolute Gasteiger partial charge is 0.248 e. The Balaban J connectivity index is 1.86. The van der Waals surface area contributed by atoms with E-state index in [9.17, 15) is 13.2 Å². The molecular formula is C17H21ClN2O3S2. The van der Waals surface area contributed by atoms with E-state index >= 15 is 0 Å². The number of amides is 1. The van der Waals surface area contributed by atoms with Gasteiger partial charge in [0, 0.05) is 23.2 Å². The van der Waals surface area contributed by atoms with Gasteiger partial charge in [-0.05, 0) is 18.1 Å². The molecule has 0 spiro atoms. The van der Waals surface area contributed by atoms with Gasteiger partial charge in [-0.3, -0.25) is 4.79 Å². The Bertz CT molecular complexity index is 795. The zero-order valence-electron chi connectivity index (χ0n) is 14.0. The van der Waals surface area contributed by atoms with Crippen LogP contribution < -0.4 is 0 Å². The summed E-state index contributed by atoms with van der Waals surface area (Å²) in [6.07, 6.45) is 2.18. The number of benzene rings is 1. The van der Waals surface area contributed by atoms with E-state index in [1.165, 1.54) is 11.8 Å². The molecule has 2 aliphatic rings. The van der Waals surface area contributed by atoms with E-state index < -0.39 is 9.84 Å². The molecule has 1 aromatic carbocycles. The van der Waals surface area contributed by atoms with Crippen molar-refractivity contribution >= 4 is 44.3 Å². The summed E-state index contributed by atoms with van der Waals surface area (Å²) in [4.78, 5) is 18.3. The van der Waals surface area contributed by atoms with Crippen LogP contribution in [0.3, 0.4) is 0 Å². The fourth-order valence-electron chi connectivity index (χ4n) is 3.12. The number of halogens is 1. The number of hydrogen-bond donors (Lipinski definition) is 0. The molecular weight excluding hydrogens is 380 g/mol. The average Bonchev–Trinajstić information content (AvgIpc) is 3.00. The zero-order chi connectivity index (χ0) is 18.0. The van der Waals surface area contributed by atoms with Gasteiger partial charge in [-0.15, -0.1) is 0 Å². The summed E-state index contributed by atoms with van der Waals surface area (Å²) in [7, 11) is -3.04.